The Bertz CT molecular complexity index is 901. The molecule has 3 amide bonds. The van der Waals surface area contributed by atoms with Gasteiger partial charge in [-0.3, -0.25) is 4.79 Å². The van der Waals surface area contributed by atoms with Gasteiger partial charge in [0.15, 0.2) is 0 Å². The molecule has 1 aliphatic carbocycles. The Morgan fingerprint density at radius 2 is 1.86 bits per heavy atom. The van der Waals surface area contributed by atoms with Gasteiger partial charge in [-0.15, -0.1) is 0 Å². The van der Waals surface area contributed by atoms with Crippen LogP contribution >= 0.6 is 0 Å². The number of aryl methyl sites for hydroxylation is 1. The van der Waals surface area contributed by atoms with Crippen LogP contribution in [0.1, 0.15) is 43.9 Å². The Labute approximate surface area is 168 Å². The summed E-state index contributed by atoms with van der Waals surface area (Å²) in [7, 11) is 0. The van der Waals surface area contributed by atoms with Crippen molar-refractivity contribution in [1.82, 2.24) is 10.6 Å². The predicted molar refractivity (Wildman–Crippen MR) is 107 cm³/mol. The van der Waals surface area contributed by atoms with Gasteiger partial charge in [-0.1, -0.05) is 38.1 Å². The van der Waals surface area contributed by atoms with Crippen LogP contribution in [0, 0.1) is 17.6 Å². The third kappa shape index (κ3) is 5.10. The maximum Gasteiger partial charge on any atom is 0.319 e. The molecule has 2 aromatic carbocycles. The number of anilines is 1. The number of halogens is 2. The zero-order valence-corrected chi connectivity index (χ0v) is 16.5. The Balaban J connectivity index is 1.66. The van der Waals surface area contributed by atoms with Crippen LogP contribution in [0.5, 0.6) is 0 Å². The van der Waals surface area contributed by atoms with Crippen molar-refractivity contribution in [2.45, 2.75) is 45.2 Å². The molecule has 3 rings (SSSR count). The van der Waals surface area contributed by atoms with E-state index in [1.165, 1.54) is 5.56 Å². The molecule has 29 heavy (non-hydrogen) atoms. The Morgan fingerprint density at radius 3 is 2.59 bits per heavy atom. The van der Waals surface area contributed by atoms with Crippen LogP contribution < -0.4 is 16.0 Å². The number of hydrogen-bond acceptors (Lipinski definition) is 2. The van der Waals surface area contributed by atoms with Crippen LogP contribution in [-0.4, -0.2) is 18.0 Å². The fourth-order valence-electron chi connectivity index (χ4n) is 3.59. The first-order valence-electron chi connectivity index (χ1n) is 9.76. The number of urea groups is 1. The summed E-state index contributed by atoms with van der Waals surface area (Å²) in [5, 5.41) is 7.96. The van der Waals surface area contributed by atoms with E-state index >= 15 is 0 Å². The monoisotopic (exact) mass is 401 g/mol. The average molecular weight is 401 g/mol. The summed E-state index contributed by atoms with van der Waals surface area (Å²) in [5.74, 6) is -2.10. The van der Waals surface area contributed by atoms with Gasteiger partial charge in [-0.05, 0) is 48.4 Å². The van der Waals surface area contributed by atoms with Gasteiger partial charge in [-0.25, -0.2) is 13.6 Å². The third-order valence-electron chi connectivity index (χ3n) is 5.10. The van der Waals surface area contributed by atoms with Crippen molar-refractivity contribution >= 4 is 17.6 Å². The first-order valence-corrected chi connectivity index (χ1v) is 9.76. The molecule has 1 aliphatic rings. The summed E-state index contributed by atoms with van der Waals surface area (Å²) in [5.41, 5.74) is 2.17. The molecule has 154 valence electrons. The van der Waals surface area contributed by atoms with E-state index in [0.717, 1.165) is 37.0 Å². The molecule has 0 bridgehead atoms. The predicted octanol–water partition coefficient (Wildman–Crippen LogP) is 4.30. The summed E-state index contributed by atoms with van der Waals surface area (Å²) < 4.78 is 26.8. The molecular weight excluding hydrogens is 376 g/mol. The zero-order chi connectivity index (χ0) is 21.0. The zero-order valence-electron chi connectivity index (χ0n) is 16.5. The smallest absolute Gasteiger partial charge is 0.319 e. The second-order valence-corrected chi connectivity index (χ2v) is 7.60. The lowest BCUT2D eigenvalue weighted by Crippen LogP contribution is -2.51. The van der Waals surface area contributed by atoms with Crippen molar-refractivity contribution in [3.8, 4) is 0 Å². The number of rotatable bonds is 5. The number of hydrogen-bond donors (Lipinski definition) is 3. The molecule has 0 saturated heterocycles. The van der Waals surface area contributed by atoms with Crippen molar-refractivity contribution in [2.24, 2.45) is 5.92 Å². The van der Waals surface area contributed by atoms with E-state index in [-0.39, 0.29) is 23.6 Å². The van der Waals surface area contributed by atoms with Gasteiger partial charge in [0, 0.05) is 6.07 Å². The lowest BCUT2D eigenvalue weighted by Gasteiger charge is -2.29. The van der Waals surface area contributed by atoms with Gasteiger partial charge in [-0.2, -0.15) is 0 Å². The number of nitrogens with one attached hydrogen (secondary N) is 3. The molecule has 0 spiro atoms. The van der Waals surface area contributed by atoms with Gasteiger partial charge >= 0.3 is 6.03 Å². The molecule has 0 fully saturated rings. The Morgan fingerprint density at radius 1 is 1.10 bits per heavy atom. The van der Waals surface area contributed by atoms with E-state index < -0.39 is 23.7 Å². The molecule has 0 aromatic heterocycles. The summed E-state index contributed by atoms with van der Waals surface area (Å²) in [6.45, 7) is 3.63. The Hall–Kier alpha value is -2.96. The lowest BCUT2D eigenvalue weighted by atomic mass is 9.87. The number of fused-ring (bicyclic) bond motifs is 1. The first-order chi connectivity index (χ1) is 13.8. The quantitative estimate of drug-likeness (QED) is 0.699. The summed E-state index contributed by atoms with van der Waals surface area (Å²) in [6.07, 6.45) is 2.80. The molecule has 0 aliphatic heterocycles. The van der Waals surface area contributed by atoms with Gasteiger partial charge in [0.25, 0.3) is 0 Å². The van der Waals surface area contributed by atoms with Gasteiger partial charge in [0.1, 0.15) is 17.7 Å². The number of benzene rings is 2. The van der Waals surface area contributed by atoms with Crippen LogP contribution in [0.4, 0.5) is 19.3 Å². The second-order valence-electron chi connectivity index (χ2n) is 7.60. The van der Waals surface area contributed by atoms with Crippen molar-refractivity contribution in [2.75, 3.05) is 5.32 Å². The van der Waals surface area contributed by atoms with Crippen molar-refractivity contribution < 1.29 is 18.4 Å². The largest absolute Gasteiger partial charge is 0.347 e. The van der Waals surface area contributed by atoms with Crippen molar-refractivity contribution in [3.63, 3.8) is 0 Å². The molecule has 2 aromatic rings. The minimum absolute atomic E-state index is 0.104. The highest BCUT2D eigenvalue weighted by Gasteiger charge is 2.28. The maximum absolute atomic E-state index is 13.8. The Kier molecular flexibility index (Phi) is 6.46. The molecule has 0 radical (unpaired) electrons. The fraction of sp³-hybridized carbons (Fsp3) is 0.364. The van der Waals surface area contributed by atoms with Crippen molar-refractivity contribution in [1.29, 1.82) is 0 Å². The van der Waals surface area contributed by atoms with E-state index in [9.17, 15) is 18.4 Å². The third-order valence-corrected chi connectivity index (χ3v) is 5.10. The molecule has 7 heteroatoms. The molecule has 5 nitrogen and oxygen atoms in total. The minimum atomic E-state index is -0.885. The molecular formula is C22H25F2N3O2. The SMILES string of the molecule is CC(C)C(NC(=O)Nc1ccc(F)cc1F)C(=O)NC1CCCc2ccccc21. The van der Waals surface area contributed by atoms with E-state index in [2.05, 4.69) is 22.0 Å². The molecule has 0 heterocycles. The topological polar surface area (TPSA) is 70.2 Å². The van der Waals surface area contributed by atoms with Crippen LogP contribution in [0.25, 0.3) is 0 Å². The van der Waals surface area contributed by atoms with Crippen LogP contribution in [0.2, 0.25) is 0 Å². The number of carbonyl (C=O) groups excluding carboxylic acids is 2. The van der Waals surface area contributed by atoms with E-state index in [4.69, 9.17) is 0 Å². The second kappa shape index (κ2) is 9.03. The normalized spacial score (nSPS) is 16.7. The maximum atomic E-state index is 13.8. The van der Waals surface area contributed by atoms with Crippen LogP contribution in [-0.2, 0) is 11.2 Å². The summed E-state index contributed by atoms with van der Waals surface area (Å²) >= 11 is 0. The fourth-order valence-corrected chi connectivity index (χ4v) is 3.59. The summed E-state index contributed by atoms with van der Waals surface area (Å²) in [6, 6.07) is 9.25. The number of amides is 3. The highest BCUT2D eigenvalue weighted by Crippen LogP contribution is 2.29. The molecule has 0 saturated carbocycles. The highest BCUT2D eigenvalue weighted by molar-refractivity contribution is 5.94. The lowest BCUT2D eigenvalue weighted by molar-refractivity contribution is -0.124. The summed E-state index contributed by atoms with van der Waals surface area (Å²) in [4.78, 5) is 25.2. The standard InChI is InChI=1S/C22H25F2N3O2/c1-13(2)20(27-22(29)26-19-11-10-15(23)12-17(19)24)21(28)25-18-9-5-7-14-6-3-4-8-16(14)18/h3-4,6,8,10-13,18,20H,5,7,9H2,1-2H3,(H,25,28)(H2,26,27,29). The van der Waals surface area contributed by atoms with Crippen molar-refractivity contribution in [3.05, 3.63) is 65.2 Å². The minimum Gasteiger partial charge on any atom is -0.347 e. The number of carbonyl (C=O) groups is 2. The average Bonchev–Trinajstić information content (AvgIpc) is 2.68. The molecule has 3 N–H and O–H groups in total. The van der Waals surface area contributed by atoms with Crippen LogP contribution in [0.15, 0.2) is 42.5 Å². The molecule has 2 unspecified atom stereocenters. The highest BCUT2D eigenvalue weighted by atomic mass is 19.1. The first kappa shape index (κ1) is 20.8. The van der Waals surface area contributed by atoms with E-state index in [0.29, 0.717) is 6.07 Å². The van der Waals surface area contributed by atoms with E-state index in [1.54, 1.807) is 0 Å². The van der Waals surface area contributed by atoms with E-state index in [1.807, 2.05) is 32.0 Å². The van der Waals surface area contributed by atoms with Gasteiger partial charge in [0.05, 0.1) is 11.7 Å². The molecule has 2 atom stereocenters. The van der Waals surface area contributed by atoms with Crippen LogP contribution in [0.3, 0.4) is 0 Å². The van der Waals surface area contributed by atoms with Gasteiger partial charge in [0.2, 0.25) is 5.91 Å². The van der Waals surface area contributed by atoms with Gasteiger partial charge < -0.3 is 16.0 Å².